The first-order chi connectivity index (χ1) is 12.7. The van der Waals surface area contributed by atoms with Crippen molar-refractivity contribution >= 4 is 27.6 Å². The van der Waals surface area contributed by atoms with Crippen molar-refractivity contribution in [3.05, 3.63) is 60.2 Å². The van der Waals surface area contributed by atoms with Crippen LogP contribution in [0.2, 0.25) is 0 Å². The van der Waals surface area contributed by atoms with Crippen LogP contribution in [0.4, 0.5) is 5.69 Å². The lowest BCUT2D eigenvalue weighted by atomic mass is 10.2. The highest BCUT2D eigenvalue weighted by Crippen LogP contribution is 2.17. The predicted octanol–water partition coefficient (Wildman–Crippen LogP) is 2.56. The lowest BCUT2D eigenvalue weighted by Crippen LogP contribution is -2.39. The molecule has 1 amide bonds. The normalized spacial score (nSPS) is 12.3. The van der Waals surface area contributed by atoms with Gasteiger partial charge in [0.15, 0.2) is 6.10 Å². The van der Waals surface area contributed by atoms with Crippen LogP contribution in [0, 0.1) is 0 Å². The molecule has 7 nitrogen and oxygen atoms in total. The summed E-state index contributed by atoms with van der Waals surface area (Å²) in [5.74, 6) is -1.11. The van der Waals surface area contributed by atoms with E-state index in [9.17, 15) is 18.0 Å². The number of nitrogens with one attached hydrogen (secondary N) is 2. The van der Waals surface area contributed by atoms with Crippen LogP contribution in [-0.4, -0.2) is 32.4 Å². The van der Waals surface area contributed by atoms with Gasteiger partial charge in [-0.15, -0.1) is 0 Å². The number of esters is 1. The molecule has 0 heterocycles. The fourth-order valence-electron chi connectivity index (χ4n) is 2.17. The summed E-state index contributed by atoms with van der Waals surface area (Å²) in [4.78, 5) is 23.9. The Hall–Kier alpha value is -2.87. The highest BCUT2D eigenvalue weighted by molar-refractivity contribution is 7.92. The van der Waals surface area contributed by atoms with E-state index in [2.05, 4.69) is 10.0 Å². The monoisotopic (exact) mass is 390 g/mol. The summed E-state index contributed by atoms with van der Waals surface area (Å²) in [7, 11) is -3.77. The van der Waals surface area contributed by atoms with Gasteiger partial charge in [0.05, 0.1) is 10.5 Å². The zero-order chi connectivity index (χ0) is 20.0. The largest absolute Gasteiger partial charge is 0.449 e. The molecule has 2 rings (SSSR count). The number of amides is 1. The van der Waals surface area contributed by atoms with Crippen LogP contribution < -0.4 is 10.0 Å². The Morgan fingerprint density at radius 3 is 2.07 bits per heavy atom. The number of benzene rings is 2. The van der Waals surface area contributed by atoms with Crippen LogP contribution in [0.3, 0.4) is 0 Å². The van der Waals surface area contributed by atoms with Gasteiger partial charge in [0.1, 0.15) is 0 Å². The number of ether oxygens (including phenoxy) is 1. The second-order valence-electron chi connectivity index (χ2n) is 6.21. The van der Waals surface area contributed by atoms with Crippen molar-refractivity contribution in [1.29, 1.82) is 0 Å². The summed E-state index contributed by atoms with van der Waals surface area (Å²) in [5, 5.41) is 2.65. The van der Waals surface area contributed by atoms with Gasteiger partial charge in [0.25, 0.3) is 15.9 Å². The highest BCUT2D eigenvalue weighted by Gasteiger charge is 2.20. The molecule has 27 heavy (non-hydrogen) atoms. The highest BCUT2D eigenvalue weighted by atomic mass is 32.2. The van der Waals surface area contributed by atoms with Crippen molar-refractivity contribution in [3.63, 3.8) is 0 Å². The first-order valence-corrected chi connectivity index (χ1v) is 9.86. The van der Waals surface area contributed by atoms with Gasteiger partial charge >= 0.3 is 5.97 Å². The van der Waals surface area contributed by atoms with E-state index < -0.39 is 28.0 Å². The van der Waals surface area contributed by atoms with Gasteiger partial charge in [-0.2, -0.15) is 0 Å². The molecular weight excluding hydrogens is 368 g/mol. The van der Waals surface area contributed by atoms with E-state index in [0.29, 0.717) is 5.69 Å². The van der Waals surface area contributed by atoms with Gasteiger partial charge in [-0.05, 0) is 57.2 Å². The number of hydrogen-bond acceptors (Lipinski definition) is 5. The summed E-state index contributed by atoms with van der Waals surface area (Å²) in [5.41, 5.74) is 0.587. The maximum Gasteiger partial charge on any atom is 0.338 e. The van der Waals surface area contributed by atoms with E-state index >= 15 is 0 Å². The van der Waals surface area contributed by atoms with E-state index in [0.717, 1.165) is 0 Å². The number of hydrogen-bond donors (Lipinski definition) is 2. The van der Waals surface area contributed by atoms with Gasteiger partial charge in [0, 0.05) is 11.7 Å². The van der Waals surface area contributed by atoms with Crippen LogP contribution >= 0.6 is 0 Å². The van der Waals surface area contributed by atoms with Gasteiger partial charge in [-0.3, -0.25) is 9.52 Å². The minimum atomic E-state index is -3.77. The number of carbonyl (C=O) groups is 2. The van der Waals surface area contributed by atoms with Crippen LogP contribution in [0.15, 0.2) is 59.5 Å². The predicted molar refractivity (Wildman–Crippen MR) is 102 cm³/mol. The van der Waals surface area contributed by atoms with Crippen LogP contribution in [0.25, 0.3) is 0 Å². The number of carbonyl (C=O) groups excluding carboxylic acids is 2. The Kier molecular flexibility index (Phi) is 6.57. The smallest absolute Gasteiger partial charge is 0.338 e. The van der Waals surface area contributed by atoms with Crippen LogP contribution in [0.1, 0.15) is 31.1 Å². The molecule has 0 saturated heterocycles. The van der Waals surface area contributed by atoms with Crippen LogP contribution in [0.5, 0.6) is 0 Å². The van der Waals surface area contributed by atoms with E-state index in [1.165, 1.54) is 31.2 Å². The number of sulfonamides is 1. The van der Waals surface area contributed by atoms with E-state index in [1.807, 2.05) is 0 Å². The lowest BCUT2D eigenvalue weighted by Gasteiger charge is -2.15. The standard InChI is InChI=1S/C19H22N2O5S/c1-13(2)20-18(22)14(3)26-19(23)15-9-11-17(12-10-15)27(24,25)21-16-7-5-4-6-8-16/h4-14,21H,1-3H3,(H,20,22). The fraction of sp³-hybridized carbons (Fsp3) is 0.263. The zero-order valence-corrected chi connectivity index (χ0v) is 16.1. The third kappa shape index (κ3) is 5.82. The average Bonchev–Trinajstić information content (AvgIpc) is 2.61. The van der Waals surface area contributed by atoms with Crippen molar-refractivity contribution < 1.29 is 22.7 Å². The first-order valence-electron chi connectivity index (χ1n) is 8.38. The molecule has 0 bridgehead atoms. The van der Waals surface area contributed by atoms with Crippen LogP contribution in [-0.2, 0) is 19.6 Å². The van der Waals surface area contributed by atoms with Crippen molar-refractivity contribution in [3.8, 4) is 0 Å². The number of anilines is 1. The molecule has 0 radical (unpaired) electrons. The molecule has 2 N–H and O–H groups in total. The molecule has 0 aromatic heterocycles. The van der Waals surface area contributed by atoms with E-state index in [4.69, 9.17) is 4.74 Å². The van der Waals surface area contributed by atoms with Gasteiger partial charge in [-0.25, -0.2) is 13.2 Å². The maximum absolute atomic E-state index is 12.4. The van der Waals surface area contributed by atoms with Gasteiger partial charge in [-0.1, -0.05) is 18.2 Å². The molecule has 0 aliphatic heterocycles. The molecule has 8 heteroatoms. The molecular formula is C19H22N2O5S. The summed E-state index contributed by atoms with van der Waals surface area (Å²) in [6.07, 6.45) is -0.956. The molecule has 0 aliphatic carbocycles. The van der Waals surface area contributed by atoms with E-state index in [1.54, 1.807) is 44.2 Å². The zero-order valence-electron chi connectivity index (χ0n) is 15.3. The Balaban J connectivity index is 2.05. The number of para-hydroxylation sites is 1. The SMILES string of the molecule is CC(C)NC(=O)C(C)OC(=O)c1ccc(S(=O)(=O)Nc2ccccc2)cc1. The molecule has 0 saturated carbocycles. The molecule has 1 unspecified atom stereocenters. The summed E-state index contributed by atoms with van der Waals surface area (Å²) in [6.45, 7) is 5.07. The summed E-state index contributed by atoms with van der Waals surface area (Å²) < 4.78 is 32.3. The van der Waals surface area contributed by atoms with Crippen molar-refractivity contribution in [2.24, 2.45) is 0 Å². The van der Waals surface area contributed by atoms with E-state index in [-0.39, 0.29) is 16.5 Å². The van der Waals surface area contributed by atoms with Crippen molar-refractivity contribution in [1.82, 2.24) is 5.32 Å². The van der Waals surface area contributed by atoms with Gasteiger partial charge < -0.3 is 10.1 Å². The Morgan fingerprint density at radius 2 is 1.52 bits per heavy atom. The number of rotatable bonds is 7. The second kappa shape index (κ2) is 8.68. The van der Waals surface area contributed by atoms with Crippen molar-refractivity contribution in [2.45, 2.75) is 37.8 Å². The average molecular weight is 390 g/mol. The summed E-state index contributed by atoms with van der Waals surface area (Å²) in [6, 6.07) is 13.7. The Bertz CT molecular complexity index is 893. The first kappa shape index (κ1) is 20.4. The molecule has 2 aromatic rings. The fourth-order valence-corrected chi connectivity index (χ4v) is 3.23. The summed E-state index contributed by atoms with van der Waals surface area (Å²) >= 11 is 0. The molecule has 0 spiro atoms. The molecule has 144 valence electrons. The molecule has 0 fully saturated rings. The molecule has 2 aromatic carbocycles. The third-order valence-electron chi connectivity index (χ3n) is 3.51. The molecule has 1 atom stereocenters. The van der Waals surface area contributed by atoms with Crippen molar-refractivity contribution in [2.75, 3.05) is 4.72 Å². The second-order valence-corrected chi connectivity index (χ2v) is 7.89. The lowest BCUT2D eigenvalue weighted by molar-refractivity contribution is -0.129. The minimum absolute atomic E-state index is 0.00787. The minimum Gasteiger partial charge on any atom is -0.449 e. The maximum atomic E-state index is 12.4. The van der Waals surface area contributed by atoms with Gasteiger partial charge in [0.2, 0.25) is 0 Å². The Labute approximate surface area is 158 Å². The third-order valence-corrected chi connectivity index (χ3v) is 4.91. The molecule has 0 aliphatic rings. The quantitative estimate of drug-likeness (QED) is 0.708. The Morgan fingerprint density at radius 1 is 0.926 bits per heavy atom. The topological polar surface area (TPSA) is 102 Å².